The molecule has 0 bridgehead atoms. The minimum absolute atomic E-state index is 0. The fourth-order valence-corrected chi connectivity index (χ4v) is 2.74. The van der Waals surface area contributed by atoms with Gasteiger partial charge in [0.2, 0.25) is 0 Å². The second-order valence-electron chi connectivity index (χ2n) is 5.60. The Morgan fingerprint density at radius 2 is 2.00 bits per heavy atom. The van der Waals surface area contributed by atoms with E-state index in [1.807, 2.05) is 31.2 Å². The molecule has 24 heavy (non-hydrogen) atoms. The van der Waals surface area contributed by atoms with Gasteiger partial charge in [-0.3, -0.25) is 4.79 Å². The summed E-state index contributed by atoms with van der Waals surface area (Å²) in [5, 5.41) is 14.4. The third kappa shape index (κ3) is 4.34. The van der Waals surface area contributed by atoms with Gasteiger partial charge in [-0.25, -0.2) is 4.68 Å². The summed E-state index contributed by atoms with van der Waals surface area (Å²) in [6.45, 7) is 4.27. The van der Waals surface area contributed by atoms with Crippen molar-refractivity contribution in [2.75, 3.05) is 19.6 Å². The SMILES string of the molecule is CCNCCNC(=O)c1nnn(-c2ccc(Br)cc2)c1C1CC1.Cl. The Kier molecular flexibility index (Phi) is 6.77. The standard InChI is InChI=1S/C16H20BrN5O.ClH/c1-2-18-9-10-19-16(23)14-15(11-3-4-11)22(21-20-14)13-7-5-12(17)6-8-13;/h5-8,11,18H,2-4,9-10H2,1H3,(H,19,23);1H. The van der Waals surface area contributed by atoms with Crippen LogP contribution in [-0.2, 0) is 0 Å². The van der Waals surface area contributed by atoms with E-state index in [0.717, 1.165) is 41.8 Å². The van der Waals surface area contributed by atoms with Gasteiger partial charge < -0.3 is 10.6 Å². The number of likely N-dealkylation sites (N-methyl/N-ethyl adjacent to an activating group) is 1. The van der Waals surface area contributed by atoms with Crippen molar-refractivity contribution in [3.8, 4) is 5.69 Å². The summed E-state index contributed by atoms with van der Waals surface area (Å²) in [4.78, 5) is 12.4. The van der Waals surface area contributed by atoms with Crippen molar-refractivity contribution in [1.29, 1.82) is 0 Å². The fourth-order valence-electron chi connectivity index (χ4n) is 2.47. The average molecular weight is 415 g/mol. The molecular formula is C16H21BrClN5O. The van der Waals surface area contributed by atoms with Crippen molar-refractivity contribution in [1.82, 2.24) is 25.6 Å². The van der Waals surface area contributed by atoms with Gasteiger partial charge in [0.25, 0.3) is 5.91 Å². The molecule has 0 radical (unpaired) electrons. The molecule has 0 unspecified atom stereocenters. The van der Waals surface area contributed by atoms with Crippen LogP contribution < -0.4 is 10.6 Å². The smallest absolute Gasteiger partial charge is 0.273 e. The molecule has 1 saturated carbocycles. The van der Waals surface area contributed by atoms with Gasteiger partial charge in [0.05, 0.1) is 11.4 Å². The van der Waals surface area contributed by atoms with E-state index in [2.05, 4.69) is 36.9 Å². The number of halogens is 2. The van der Waals surface area contributed by atoms with Gasteiger partial charge in [-0.1, -0.05) is 28.1 Å². The van der Waals surface area contributed by atoms with E-state index in [4.69, 9.17) is 0 Å². The molecule has 1 aliphatic carbocycles. The molecule has 0 saturated heterocycles. The molecule has 2 aromatic rings. The maximum Gasteiger partial charge on any atom is 0.273 e. The van der Waals surface area contributed by atoms with Crippen molar-refractivity contribution in [2.45, 2.75) is 25.7 Å². The third-order valence-electron chi connectivity index (χ3n) is 3.79. The van der Waals surface area contributed by atoms with Gasteiger partial charge >= 0.3 is 0 Å². The lowest BCUT2D eigenvalue weighted by molar-refractivity contribution is 0.0948. The summed E-state index contributed by atoms with van der Waals surface area (Å²) >= 11 is 3.43. The van der Waals surface area contributed by atoms with E-state index >= 15 is 0 Å². The lowest BCUT2D eigenvalue weighted by Gasteiger charge is -2.08. The second-order valence-corrected chi connectivity index (χ2v) is 6.51. The molecule has 2 N–H and O–H groups in total. The molecule has 1 aromatic heterocycles. The van der Waals surface area contributed by atoms with Crippen molar-refractivity contribution >= 4 is 34.2 Å². The number of rotatable bonds is 7. The van der Waals surface area contributed by atoms with Crippen molar-refractivity contribution in [3.63, 3.8) is 0 Å². The monoisotopic (exact) mass is 413 g/mol. The quantitative estimate of drug-likeness (QED) is 0.683. The number of hydrogen-bond acceptors (Lipinski definition) is 4. The highest BCUT2D eigenvalue weighted by Crippen LogP contribution is 2.41. The first kappa shape index (κ1) is 18.9. The van der Waals surface area contributed by atoms with Gasteiger partial charge in [0.15, 0.2) is 5.69 Å². The zero-order valence-corrected chi connectivity index (χ0v) is 15.9. The molecule has 0 spiro atoms. The summed E-state index contributed by atoms with van der Waals surface area (Å²) in [6.07, 6.45) is 2.17. The van der Waals surface area contributed by atoms with Crippen molar-refractivity contribution in [2.24, 2.45) is 0 Å². The lowest BCUT2D eigenvalue weighted by atomic mass is 10.2. The first-order valence-corrected chi connectivity index (χ1v) is 8.70. The van der Waals surface area contributed by atoms with Gasteiger partial charge in [-0.2, -0.15) is 0 Å². The van der Waals surface area contributed by atoms with Crippen LogP contribution in [0.4, 0.5) is 0 Å². The number of hydrogen-bond donors (Lipinski definition) is 2. The molecule has 0 atom stereocenters. The largest absolute Gasteiger partial charge is 0.349 e. The van der Waals surface area contributed by atoms with Crippen LogP contribution in [-0.4, -0.2) is 40.5 Å². The summed E-state index contributed by atoms with van der Waals surface area (Å²) < 4.78 is 2.80. The van der Waals surface area contributed by atoms with Crippen molar-refractivity contribution < 1.29 is 4.79 Å². The van der Waals surface area contributed by atoms with Crippen LogP contribution in [0.5, 0.6) is 0 Å². The Morgan fingerprint density at radius 1 is 1.29 bits per heavy atom. The van der Waals surface area contributed by atoms with Crippen LogP contribution in [0.25, 0.3) is 5.69 Å². The topological polar surface area (TPSA) is 71.8 Å². The Morgan fingerprint density at radius 3 is 2.62 bits per heavy atom. The second kappa shape index (κ2) is 8.60. The normalized spacial score (nSPS) is 13.4. The molecule has 0 aliphatic heterocycles. The molecule has 1 fully saturated rings. The van der Waals surface area contributed by atoms with Crippen LogP contribution >= 0.6 is 28.3 Å². The molecule has 1 heterocycles. The number of carbonyl (C=O) groups is 1. The van der Waals surface area contributed by atoms with Gasteiger partial charge in [-0.15, -0.1) is 17.5 Å². The van der Waals surface area contributed by atoms with E-state index in [0.29, 0.717) is 18.2 Å². The summed E-state index contributed by atoms with van der Waals surface area (Å²) in [5.74, 6) is 0.233. The molecule has 130 valence electrons. The number of amides is 1. The molecule has 6 nitrogen and oxygen atoms in total. The molecular weight excluding hydrogens is 394 g/mol. The minimum atomic E-state index is -0.145. The molecule has 3 rings (SSSR count). The van der Waals surface area contributed by atoms with E-state index in [1.165, 1.54) is 0 Å². The number of carbonyl (C=O) groups excluding carboxylic acids is 1. The Bertz CT molecular complexity index is 684. The van der Waals surface area contributed by atoms with Crippen LogP contribution in [0, 0.1) is 0 Å². The van der Waals surface area contributed by atoms with E-state index in [9.17, 15) is 4.79 Å². The fraction of sp³-hybridized carbons (Fsp3) is 0.438. The zero-order valence-electron chi connectivity index (χ0n) is 13.5. The number of benzene rings is 1. The van der Waals surface area contributed by atoms with Crippen LogP contribution in [0.1, 0.15) is 41.9 Å². The summed E-state index contributed by atoms with van der Waals surface area (Å²) in [5.41, 5.74) is 2.30. The molecule has 1 aliphatic rings. The van der Waals surface area contributed by atoms with Gasteiger partial charge in [0.1, 0.15) is 0 Å². The maximum absolute atomic E-state index is 12.4. The van der Waals surface area contributed by atoms with Gasteiger partial charge in [-0.05, 0) is 43.7 Å². The molecule has 8 heteroatoms. The first-order chi connectivity index (χ1) is 11.2. The average Bonchev–Trinajstić information content (AvgIpc) is 3.30. The van der Waals surface area contributed by atoms with Crippen LogP contribution in [0.15, 0.2) is 28.7 Å². The minimum Gasteiger partial charge on any atom is -0.349 e. The predicted octanol–water partition coefficient (Wildman–Crippen LogP) is 2.67. The van der Waals surface area contributed by atoms with Crippen LogP contribution in [0.2, 0.25) is 0 Å². The maximum atomic E-state index is 12.4. The van der Waals surface area contributed by atoms with Crippen LogP contribution in [0.3, 0.4) is 0 Å². The Balaban J connectivity index is 0.00000208. The highest BCUT2D eigenvalue weighted by atomic mass is 79.9. The van der Waals surface area contributed by atoms with Gasteiger partial charge in [0, 0.05) is 23.5 Å². The zero-order chi connectivity index (χ0) is 16.2. The number of aromatic nitrogens is 3. The predicted molar refractivity (Wildman–Crippen MR) is 99.2 cm³/mol. The molecule has 1 amide bonds. The number of nitrogens with zero attached hydrogens (tertiary/aromatic N) is 3. The lowest BCUT2D eigenvalue weighted by Crippen LogP contribution is -2.32. The number of nitrogens with one attached hydrogen (secondary N) is 2. The summed E-state index contributed by atoms with van der Waals surface area (Å²) in [7, 11) is 0. The summed E-state index contributed by atoms with van der Waals surface area (Å²) in [6, 6.07) is 7.86. The Hall–Kier alpha value is -1.44. The highest BCUT2D eigenvalue weighted by molar-refractivity contribution is 9.10. The van der Waals surface area contributed by atoms with E-state index < -0.39 is 0 Å². The van der Waals surface area contributed by atoms with E-state index in [1.54, 1.807) is 4.68 Å². The van der Waals surface area contributed by atoms with Crippen molar-refractivity contribution in [3.05, 3.63) is 40.1 Å². The first-order valence-electron chi connectivity index (χ1n) is 7.91. The third-order valence-corrected chi connectivity index (χ3v) is 4.32. The van der Waals surface area contributed by atoms with E-state index in [-0.39, 0.29) is 18.3 Å². The highest BCUT2D eigenvalue weighted by Gasteiger charge is 2.34. The molecule has 1 aromatic carbocycles. The Labute approximate surface area is 155 Å².